The van der Waals surface area contributed by atoms with Gasteiger partial charge in [-0.05, 0) is 456 Å². The van der Waals surface area contributed by atoms with Crippen molar-refractivity contribution in [3.63, 3.8) is 0 Å². The third-order valence-corrected chi connectivity index (χ3v) is 38.2. The van der Waals surface area contributed by atoms with E-state index < -0.39 is 21.0 Å². The summed E-state index contributed by atoms with van der Waals surface area (Å²) in [6.45, 7) is 124. The van der Waals surface area contributed by atoms with Crippen LogP contribution in [0.5, 0.6) is 0 Å². The number of halogens is 2. The van der Waals surface area contributed by atoms with Gasteiger partial charge in [-0.15, -0.1) is 0 Å². The van der Waals surface area contributed by atoms with Crippen LogP contribution in [0.2, 0.25) is 0 Å². The number of hydrogen-bond acceptors (Lipinski definition) is 18. The largest absolute Gasteiger partial charge is 0.394 e. The molecule has 0 aromatic carbocycles. The van der Waals surface area contributed by atoms with Gasteiger partial charge in [0.25, 0.3) is 0 Å². The molecule has 0 amide bonds. The molecule has 10 atom stereocenters. The first-order chi connectivity index (χ1) is 67.3. The van der Waals surface area contributed by atoms with Crippen LogP contribution in [0.4, 0.5) is 8.78 Å². The maximum Gasteiger partial charge on any atom is 0.247 e. The summed E-state index contributed by atoms with van der Waals surface area (Å²) in [6.07, 6.45) is 28.9. The highest BCUT2D eigenvalue weighted by atomic mass is 32.2. The smallest absolute Gasteiger partial charge is 0.247 e. The highest BCUT2D eigenvalue weighted by Gasteiger charge is 2.50. The Kier molecular flexibility index (Phi) is 62.4. The Bertz CT molecular complexity index is 3740. The fraction of sp³-hybridized carbons (Fsp3) is 0.952. The molecule has 4 N–H and O–H groups in total. The number of morpholine rings is 1. The SMILES string of the molecule is C=C1CCN(C(C)C)C(C)(C)C1.C=S(C)(=O)C1CCN(C(C)C)C(C)(C)C1.C=S1CCN(C(C)C)C(C)(C)C1.CC(C)CC1(CO)CCCN1C(C)C.CC(C)N1CCN(C#CN)CC1(C)C.CC(C)N1CCOCC1(C)C.CC(C)N1C[C@H](O)[C@H](C)CC1(C)C.CC1CCN(C(C)C)C(C)(C)C1.CCCC1(CC(C)C)CCCN1C(C)C.CCCC1(CC)CCCN1C(C)C.COCC1(CC(C)(F)F)CCCN1C(C)C. The molecule has 147 heavy (non-hydrogen) atoms. The monoisotopic (exact) mass is 2120 g/mol. The molecule has 11 heterocycles. The number of nitrogens with two attached hydrogens (primary N) is 1. The predicted molar refractivity (Wildman–Crippen MR) is 649 cm³/mol. The molecule has 11 saturated heterocycles. The second-order valence-electron chi connectivity index (χ2n) is 55.9. The third kappa shape index (κ3) is 46.7. The van der Waals surface area contributed by atoms with Crippen LogP contribution in [0.3, 0.4) is 0 Å². The first-order valence-electron chi connectivity index (χ1n) is 59.9. The van der Waals surface area contributed by atoms with Gasteiger partial charge in [0.15, 0.2) is 0 Å². The quantitative estimate of drug-likeness (QED) is 0.0327. The summed E-state index contributed by atoms with van der Waals surface area (Å²) in [5, 5.41) is 19.7. The van der Waals surface area contributed by atoms with Gasteiger partial charge in [0.1, 0.15) is 0 Å². The summed E-state index contributed by atoms with van der Waals surface area (Å²) in [4.78, 5) is 30.0. The number of β-amino-alcohol motifs (C(OH)–C–C–N with tert-alkyl or cyclic N) is 1. The van der Waals surface area contributed by atoms with Gasteiger partial charge in [-0.1, -0.05) is 93.2 Å². The van der Waals surface area contributed by atoms with Gasteiger partial charge in [0, 0.05) is 223 Å². The second-order valence-corrected chi connectivity index (χ2v) is 60.6. The van der Waals surface area contributed by atoms with Crippen molar-refractivity contribution in [3.8, 4) is 12.1 Å². The van der Waals surface area contributed by atoms with E-state index in [0.29, 0.717) is 123 Å². The molecule has 11 aliphatic heterocycles. The normalized spacial score (nSPS) is 28.8. The molecule has 876 valence electrons. The fourth-order valence-corrected chi connectivity index (χ4v) is 32.4. The number of ether oxygens (including phenoxy) is 2. The van der Waals surface area contributed by atoms with Crippen LogP contribution in [0.1, 0.15) is 466 Å². The average Bonchev–Trinajstić information content (AvgIpc) is 1.66. The van der Waals surface area contributed by atoms with E-state index >= 15 is 0 Å². The maximum atomic E-state index is 13.3. The van der Waals surface area contributed by atoms with Gasteiger partial charge in [0.05, 0.1) is 38.1 Å². The lowest BCUT2D eigenvalue weighted by atomic mass is 9.81. The molecule has 0 aliphatic carbocycles. The molecule has 0 saturated carbocycles. The summed E-state index contributed by atoms with van der Waals surface area (Å²) in [6, 6.07) is 12.1. The molecule has 8 unspecified atom stereocenters. The Morgan fingerprint density at radius 2 is 0.871 bits per heavy atom. The lowest BCUT2D eigenvalue weighted by Crippen LogP contribution is -2.60. The van der Waals surface area contributed by atoms with Gasteiger partial charge < -0.3 is 30.3 Å². The molecular formula is C125H255F2N13O5S2. The molecule has 11 fully saturated rings. The summed E-state index contributed by atoms with van der Waals surface area (Å²) < 4.78 is 49.2. The summed E-state index contributed by atoms with van der Waals surface area (Å²) in [7, 11) is 0.128. The number of piperidine rings is 4. The maximum absolute atomic E-state index is 13.3. The highest BCUT2D eigenvalue weighted by molar-refractivity contribution is 8.14. The lowest BCUT2D eigenvalue weighted by Gasteiger charge is -2.49. The number of rotatable bonds is 26. The standard InChI is InChI=1S/C14H29N.C12H23F2NO.C12H25NOS.C12H25NO.C12H25N.C11H21N3.C11H23NO.C11H23N.C11H21N.C10H21NS.C9H19NO/c1-6-8-14(11-12(2)3)9-7-10-15(14)13(4)5;1-10(2)15-7-5-6-12(15,9-16-4)8-11(3,13)14;1-10(2)13-8-7-11(15(5,6)14)9-12(13,3)4;1-10(2)8-12(9-14)6-5-7-13(12)11(3)4;1-5-8-12(6-2)9-7-10-13(12)11(3)4;1-10(2)14-8-7-13(6-5-12)9-11(14,3)4;1-8(2)12-7-10(13)9(3)6-11(12,4)5;2*1-9(2)12-7-6-10(3)8-11(12,4)5;1-9(2)11-6-7-12(5)8-10(11,3)4;1-8(2)10-5-6-11-7-9(10,3)4/h12-13H,6-11H2,1-5H3;10H,5-9H2,1-4H3;10-11H,5,7-9H2,1-4,6H3;10-11,14H,5-9H2,1-4H3;11H,5-10H2,1-4H3;10H,7-9,12H2,1-4H3;8-10,13H,6-7H2,1-5H3;9-10H,6-8H2,1-5H3;9H,3,6-8H2,1-2,4-5H3;9H,5-8H2,1-4H3;8H,5-7H2,1-4H3/t;;;;;;9-,10+;;;;/m......1..../s1. The van der Waals surface area contributed by atoms with Crippen molar-refractivity contribution in [1.82, 2.24) is 58.8 Å². The number of likely N-dealkylation sites (tertiary alicyclic amines) is 8. The Balaban J connectivity index is 0.000000810. The topological polar surface area (TPSA) is 141 Å². The van der Waals surface area contributed by atoms with Gasteiger partial charge >= 0.3 is 0 Å². The molecule has 11 aliphatic rings. The number of piperazine rings is 1. The van der Waals surface area contributed by atoms with Crippen LogP contribution in [0.15, 0.2) is 12.2 Å². The Labute approximate surface area is 918 Å². The van der Waals surface area contributed by atoms with E-state index in [4.69, 9.17) is 15.2 Å². The highest BCUT2D eigenvalue weighted by Crippen LogP contribution is 2.45. The number of alkyl halides is 2. The van der Waals surface area contributed by atoms with Crippen molar-refractivity contribution in [1.29, 1.82) is 0 Å². The zero-order valence-electron chi connectivity index (χ0n) is 107. The first kappa shape index (κ1) is 143. The van der Waals surface area contributed by atoms with Crippen LogP contribution in [0, 0.1) is 35.8 Å². The van der Waals surface area contributed by atoms with Crippen molar-refractivity contribution in [2.24, 2.45) is 29.4 Å². The van der Waals surface area contributed by atoms with E-state index in [9.17, 15) is 23.2 Å². The average molecular weight is 2120 g/mol. The number of aliphatic hydroxyl groups is 2. The second kappa shape index (κ2) is 64.0. The van der Waals surface area contributed by atoms with Crippen LogP contribution in [-0.2, 0) is 19.0 Å². The molecule has 0 spiro atoms. The Morgan fingerprint density at radius 3 is 1.24 bits per heavy atom. The molecule has 0 aromatic rings. The Hall–Kier alpha value is -1.60. The minimum atomic E-state index is -2.63. The van der Waals surface area contributed by atoms with Crippen LogP contribution < -0.4 is 5.73 Å². The third-order valence-electron chi connectivity index (χ3n) is 34.5. The molecular weight excluding hydrogens is 1870 g/mol. The van der Waals surface area contributed by atoms with Crippen LogP contribution in [-0.4, -0.2) is 366 Å². The van der Waals surface area contributed by atoms with Crippen molar-refractivity contribution in [3.05, 3.63) is 12.2 Å². The summed E-state index contributed by atoms with van der Waals surface area (Å²) in [5.41, 5.74) is 9.29. The van der Waals surface area contributed by atoms with Gasteiger partial charge in [-0.2, -0.15) is 10.5 Å². The van der Waals surface area contributed by atoms with Crippen molar-refractivity contribution < 1.29 is 32.7 Å². The molecule has 0 aromatic heterocycles. The molecule has 18 nitrogen and oxygen atoms in total. The van der Waals surface area contributed by atoms with Crippen LogP contribution >= 0.6 is 10.5 Å². The molecule has 22 heteroatoms. The molecule has 11 rings (SSSR count). The molecule has 0 bridgehead atoms. The summed E-state index contributed by atoms with van der Waals surface area (Å²) >= 11 is 0. The van der Waals surface area contributed by atoms with Crippen molar-refractivity contribution in [2.75, 3.05) is 136 Å². The van der Waals surface area contributed by atoms with E-state index in [1.54, 1.807) is 13.4 Å². The van der Waals surface area contributed by atoms with Gasteiger partial charge in [-0.25, -0.2) is 8.78 Å². The number of hydrogen-bond donors (Lipinski definition) is 3. The van der Waals surface area contributed by atoms with E-state index in [2.05, 4.69) is 401 Å². The minimum absolute atomic E-state index is 0.0856. The van der Waals surface area contributed by atoms with E-state index in [0.717, 1.165) is 141 Å². The Morgan fingerprint density at radius 1 is 0.490 bits per heavy atom. The van der Waals surface area contributed by atoms with E-state index in [-0.39, 0.29) is 40.2 Å². The van der Waals surface area contributed by atoms with Gasteiger partial charge in [-0.3, -0.25) is 58.1 Å². The number of nitrogens with zero attached hydrogens (tertiary/aromatic N) is 12. The number of methoxy groups -OCH3 is 1. The lowest BCUT2D eigenvalue weighted by molar-refractivity contribution is -0.0708. The van der Waals surface area contributed by atoms with Crippen molar-refractivity contribution in [2.45, 2.75) is 611 Å². The van der Waals surface area contributed by atoms with Crippen LogP contribution in [0.25, 0.3) is 0 Å². The van der Waals surface area contributed by atoms with E-state index in [1.165, 1.54) is 146 Å². The number of aliphatic hydroxyl groups excluding tert-OH is 2. The van der Waals surface area contributed by atoms with Crippen molar-refractivity contribution >= 4 is 31.7 Å². The zero-order chi connectivity index (χ0) is 114. The zero-order valence-corrected chi connectivity index (χ0v) is 108. The van der Waals surface area contributed by atoms with E-state index in [1.807, 2.05) is 0 Å². The predicted octanol–water partition coefficient (Wildman–Crippen LogP) is 26.7. The van der Waals surface area contributed by atoms with Gasteiger partial charge in [0.2, 0.25) is 5.92 Å². The minimum Gasteiger partial charge on any atom is -0.394 e. The molecule has 0 radical (unpaired) electrons. The summed E-state index contributed by atoms with van der Waals surface area (Å²) in [5.74, 6) is 10.8. The first-order valence-corrected chi connectivity index (χ1v) is 63.8. The fourth-order valence-electron chi connectivity index (χ4n) is 29.3.